The van der Waals surface area contributed by atoms with Crippen LogP contribution in [0.3, 0.4) is 0 Å². The highest BCUT2D eigenvalue weighted by Gasteiger charge is 2.23. The van der Waals surface area contributed by atoms with Crippen LogP contribution < -0.4 is 5.32 Å². The molecule has 1 amide bonds. The minimum Gasteiger partial charge on any atom is -0.376 e. The highest BCUT2D eigenvalue weighted by molar-refractivity contribution is 6.00. The molecule has 1 heterocycles. The van der Waals surface area contributed by atoms with Gasteiger partial charge >= 0.3 is 0 Å². The van der Waals surface area contributed by atoms with Gasteiger partial charge in [0.2, 0.25) is 5.91 Å². The molecule has 1 atom stereocenters. The molecule has 1 unspecified atom stereocenters. The second-order valence-electron chi connectivity index (χ2n) is 4.06. The van der Waals surface area contributed by atoms with Crippen LogP contribution in [0.5, 0.6) is 0 Å². The number of ketones is 1. The van der Waals surface area contributed by atoms with E-state index < -0.39 is 6.10 Å². The third kappa shape index (κ3) is 3.15. The van der Waals surface area contributed by atoms with E-state index in [9.17, 15) is 9.59 Å². The zero-order chi connectivity index (χ0) is 13.0. The van der Waals surface area contributed by atoms with Crippen LogP contribution in [-0.4, -0.2) is 37.6 Å². The minimum atomic E-state index is -0.523. The van der Waals surface area contributed by atoms with Crippen molar-refractivity contribution in [2.24, 2.45) is 0 Å². The third-order valence-electron chi connectivity index (χ3n) is 2.60. The third-order valence-corrected chi connectivity index (χ3v) is 2.60. The molecular formula is C13H15NO4. The molecule has 5 heteroatoms. The van der Waals surface area contributed by atoms with Crippen LogP contribution in [-0.2, 0) is 14.3 Å². The first-order valence-electron chi connectivity index (χ1n) is 5.78. The molecular weight excluding hydrogens is 234 g/mol. The van der Waals surface area contributed by atoms with Gasteiger partial charge in [-0.25, -0.2) is 0 Å². The van der Waals surface area contributed by atoms with E-state index in [0.29, 0.717) is 31.1 Å². The number of Topliss-reactive ketones (excluding diaryl/α,β-unsaturated/α-hetero) is 1. The van der Waals surface area contributed by atoms with Crippen molar-refractivity contribution in [3.63, 3.8) is 0 Å². The van der Waals surface area contributed by atoms with Gasteiger partial charge in [0, 0.05) is 18.2 Å². The van der Waals surface area contributed by atoms with E-state index in [-0.39, 0.29) is 11.7 Å². The van der Waals surface area contributed by atoms with Crippen molar-refractivity contribution in [1.29, 1.82) is 0 Å². The lowest BCUT2D eigenvalue weighted by molar-refractivity contribution is -0.114. The normalized spacial score (nSPS) is 19.3. The number of carbonyl (C=O) groups is 2. The maximum absolute atomic E-state index is 12.0. The largest absolute Gasteiger partial charge is 0.376 e. The second kappa shape index (κ2) is 5.75. The summed E-state index contributed by atoms with van der Waals surface area (Å²) in [6.07, 6.45) is -0.523. The molecule has 2 rings (SSSR count). The Bertz CT molecular complexity index is 435. The van der Waals surface area contributed by atoms with Gasteiger partial charge in [-0.3, -0.25) is 9.59 Å². The fourth-order valence-electron chi connectivity index (χ4n) is 1.75. The summed E-state index contributed by atoms with van der Waals surface area (Å²) in [7, 11) is 0. The Balaban J connectivity index is 2.04. The Kier molecular flexibility index (Phi) is 4.07. The van der Waals surface area contributed by atoms with Gasteiger partial charge in [-0.15, -0.1) is 0 Å². The number of hydrogen-bond acceptors (Lipinski definition) is 4. The van der Waals surface area contributed by atoms with E-state index >= 15 is 0 Å². The van der Waals surface area contributed by atoms with Crippen LogP contribution in [0.2, 0.25) is 0 Å². The molecule has 1 fully saturated rings. The van der Waals surface area contributed by atoms with Gasteiger partial charge in [0.1, 0.15) is 6.10 Å². The summed E-state index contributed by atoms with van der Waals surface area (Å²) in [6, 6.07) is 6.73. The quantitative estimate of drug-likeness (QED) is 0.819. The van der Waals surface area contributed by atoms with E-state index in [0.717, 1.165) is 0 Å². The Morgan fingerprint density at radius 3 is 2.50 bits per heavy atom. The van der Waals surface area contributed by atoms with Gasteiger partial charge in [0.05, 0.1) is 19.8 Å². The molecule has 96 valence electrons. The van der Waals surface area contributed by atoms with E-state index in [1.54, 1.807) is 24.3 Å². The highest BCUT2D eigenvalue weighted by Crippen LogP contribution is 2.14. The van der Waals surface area contributed by atoms with E-state index in [1.165, 1.54) is 6.92 Å². The molecule has 5 nitrogen and oxygen atoms in total. The lowest BCUT2D eigenvalue weighted by Gasteiger charge is -2.21. The van der Waals surface area contributed by atoms with Crippen molar-refractivity contribution in [3.8, 4) is 0 Å². The van der Waals surface area contributed by atoms with Crippen molar-refractivity contribution < 1.29 is 19.1 Å². The number of rotatable bonds is 3. The van der Waals surface area contributed by atoms with Gasteiger partial charge in [0.25, 0.3) is 0 Å². The monoisotopic (exact) mass is 249 g/mol. The molecule has 0 aliphatic carbocycles. The topological polar surface area (TPSA) is 64.6 Å². The van der Waals surface area contributed by atoms with Crippen LogP contribution in [0.15, 0.2) is 24.3 Å². The van der Waals surface area contributed by atoms with Gasteiger partial charge in [-0.05, 0) is 24.3 Å². The van der Waals surface area contributed by atoms with Gasteiger partial charge in [-0.1, -0.05) is 0 Å². The molecule has 0 spiro atoms. The van der Waals surface area contributed by atoms with Crippen LogP contribution >= 0.6 is 0 Å². The standard InChI is InChI=1S/C13H15NO4/c1-9(15)14-11-4-2-10(3-5-11)13(16)12-8-17-6-7-18-12/h2-5,12H,6-8H2,1H3,(H,14,15). The molecule has 1 aromatic rings. The fourth-order valence-corrected chi connectivity index (χ4v) is 1.75. The minimum absolute atomic E-state index is 0.0934. The maximum atomic E-state index is 12.0. The summed E-state index contributed by atoms with van der Waals surface area (Å²) in [5.74, 6) is -0.234. The predicted octanol–water partition coefficient (Wildman–Crippen LogP) is 1.24. The average Bonchev–Trinajstić information content (AvgIpc) is 2.39. The molecule has 0 saturated carbocycles. The summed E-state index contributed by atoms with van der Waals surface area (Å²) in [5, 5.41) is 2.64. The molecule has 1 aliphatic rings. The number of benzene rings is 1. The molecule has 1 aliphatic heterocycles. The molecule has 1 saturated heterocycles. The Labute approximate surface area is 105 Å². The average molecular weight is 249 g/mol. The first-order valence-corrected chi connectivity index (χ1v) is 5.78. The number of ether oxygens (including phenoxy) is 2. The number of anilines is 1. The summed E-state index contributed by atoms with van der Waals surface area (Å²) in [6.45, 7) is 2.71. The predicted molar refractivity (Wildman–Crippen MR) is 65.6 cm³/mol. The first kappa shape index (κ1) is 12.7. The van der Waals surface area contributed by atoms with Crippen molar-refractivity contribution in [1.82, 2.24) is 0 Å². The van der Waals surface area contributed by atoms with Crippen molar-refractivity contribution in [2.75, 3.05) is 25.1 Å². The number of amides is 1. The SMILES string of the molecule is CC(=O)Nc1ccc(C(=O)C2COCCO2)cc1. The summed E-state index contributed by atoms with van der Waals surface area (Å²) in [5.41, 5.74) is 1.22. The van der Waals surface area contributed by atoms with E-state index in [4.69, 9.17) is 9.47 Å². The molecule has 18 heavy (non-hydrogen) atoms. The summed E-state index contributed by atoms with van der Waals surface area (Å²) >= 11 is 0. The molecule has 1 N–H and O–H groups in total. The van der Waals surface area contributed by atoms with E-state index in [1.807, 2.05) is 0 Å². The lowest BCUT2D eigenvalue weighted by Crippen LogP contribution is -2.35. The summed E-state index contributed by atoms with van der Waals surface area (Å²) in [4.78, 5) is 22.9. The van der Waals surface area contributed by atoms with Crippen LogP contribution in [0, 0.1) is 0 Å². The fraction of sp³-hybridized carbons (Fsp3) is 0.385. The first-order chi connectivity index (χ1) is 8.66. The number of carbonyl (C=O) groups excluding carboxylic acids is 2. The zero-order valence-corrected chi connectivity index (χ0v) is 10.1. The van der Waals surface area contributed by atoms with Crippen LogP contribution in [0.25, 0.3) is 0 Å². The van der Waals surface area contributed by atoms with Crippen molar-refractivity contribution in [3.05, 3.63) is 29.8 Å². The smallest absolute Gasteiger partial charge is 0.221 e. The Morgan fingerprint density at radius 1 is 1.22 bits per heavy atom. The number of nitrogens with one attached hydrogen (secondary N) is 1. The van der Waals surface area contributed by atoms with E-state index in [2.05, 4.69) is 5.32 Å². The zero-order valence-electron chi connectivity index (χ0n) is 10.1. The van der Waals surface area contributed by atoms with Crippen LogP contribution in [0.4, 0.5) is 5.69 Å². The van der Waals surface area contributed by atoms with Crippen LogP contribution in [0.1, 0.15) is 17.3 Å². The van der Waals surface area contributed by atoms with Crippen molar-refractivity contribution in [2.45, 2.75) is 13.0 Å². The molecule has 0 radical (unpaired) electrons. The van der Waals surface area contributed by atoms with Gasteiger partial charge in [0.15, 0.2) is 5.78 Å². The lowest BCUT2D eigenvalue weighted by atomic mass is 10.1. The Hall–Kier alpha value is -1.72. The van der Waals surface area contributed by atoms with Gasteiger partial charge in [-0.2, -0.15) is 0 Å². The molecule has 0 bridgehead atoms. The maximum Gasteiger partial charge on any atom is 0.221 e. The summed E-state index contributed by atoms with van der Waals surface area (Å²) < 4.78 is 10.5. The highest BCUT2D eigenvalue weighted by atomic mass is 16.6. The van der Waals surface area contributed by atoms with Crippen molar-refractivity contribution >= 4 is 17.4 Å². The molecule has 0 aromatic heterocycles. The number of hydrogen-bond donors (Lipinski definition) is 1. The Morgan fingerprint density at radius 2 is 1.94 bits per heavy atom. The van der Waals surface area contributed by atoms with Gasteiger partial charge < -0.3 is 14.8 Å². The molecule has 1 aromatic carbocycles. The second-order valence-corrected chi connectivity index (χ2v) is 4.06.